The Hall–Kier alpha value is -2.65. The third-order valence-electron chi connectivity index (χ3n) is 4.51. The van der Waals surface area contributed by atoms with Crippen LogP contribution in [0.15, 0.2) is 58.6 Å². The number of hydrogen-bond donors (Lipinski definition) is 1. The molecule has 0 radical (unpaired) electrons. The number of anilines is 1. The molecule has 1 unspecified atom stereocenters. The zero-order chi connectivity index (χ0) is 22.2. The summed E-state index contributed by atoms with van der Waals surface area (Å²) in [6, 6.07) is 15.2. The van der Waals surface area contributed by atoms with Crippen molar-refractivity contribution in [2.24, 2.45) is 0 Å². The van der Waals surface area contributed by atoms with E-state index in [9.17, 15) is 4.79 Å². The van der Waals surface area contributed by atoms with Crippen molar-refractivity contribution in [3.8, 4) is 11.5 Å². The first-order valence-electron chi connectivity index (χ1n) is 9.85. The molecule has 1 heterocycles. The lowest BCUT2D eigenvalue weighted by atomic mass is 10.3. The van der Waals surface area contributed by atoms with E-state index in [0.717, 1.165) is 22.1 Å². The number of nitrogens with zero attached hydrogens (tertiary/aromatic N) is 3. The molecule has 0 aliphatic carbocycles. The Labute approximate surface area is 190 Å². The maximum Gasteiger partial charge on any atom is 0.234 e. The topological polar surface area (TPSA) is 78.3 Å². The summed E-state index contributed by atoms with van der Waals surface area (Å²) in [5, 5.41) is 12.3. The van der Waals surface area contributed by atoms with Crippen molar-refractivity contribution < 1.29 is 14.3 Å². The predicted molar refractivity (Wildman–Crippen MR) is 125 cm³/mol. The average molecular weight is 459 g/mol. The fraction of sp³-hybridized carbons (Fsp3) is 0.318. The monoisotopic (exact) mass is 458 g/mol. The van der Waals surface area contributed by atoms with Crippen LogP contribution in [0.3, 0.4) is 0 Å². The van der Waals surface area contributed by atoms with Crippen LogP contribution in [0.25, 0.3) is 0 Å². The normalized spacial score (nSPS) is 11.7. The zero-order valence-electron chi connectivity index (χ0n) is 18.0. The summed E-state index contributed by atoms with van der Waals surface area (Å²) >= 11 is 2.96. The molecule has 1 amide bonds. The van der Waals surface area contributed by atoms with Gasteiger partial charge in [-0.15, -0.1) is 22.0 Å². The fourth-order valence-electron chi connectivity index (χ4n) is 2.98. The Balaban J connectivity index is 1.63. The van der Waals surface area contributed by atoms with E-state index in [1.54, 1.807) is 18.9 Å². The van der Waals surface area contributed by atoms with Gasteiger partial charge in [-0.05, 0) is 56.5 Å². The van der Waals surface area contributed by atoms with Gasteiger partial charge >= 0.3 is 0 Å². The number of rotatable bonds is 10. The van der Waals surface area contributed by atoms with E-state index in [2.05, 4.69) is 15.5 Å². The second-order valence-corrected chi connectivity index (χ2v) is 8.35. The van der Waals surface area contributed by atoms with Crippen molar-refractivity contribution in [2.75, 3.05) is 24.4 Å². The first kappa shape index (κ1) is 23.0. The fourth-order valence-corrected chi connectivity index (χ4v) is 4.34. The van der Waals surface area contributed by atoms with E-state index in [1.807, 2.05) is 73.2 Å². The third-order valence-corrected chi connectivity index (χ3v) is 6.27. The van der Waals surface area contributed by atoms with Crippen LogP contribution in [0.5, 0.6) is 11.5 Å². The van der Waals surface area contributed by atoms with Crippen molar-refractivity contribution >= 4 is 35.1 Å². The molecule has 1 atom stereocenters. The van der Waals surface area contributed by atoms with Crippen LogP contribution in [0.1, 0.15) is 25.8 Å². The third kappa shape index (κ3) is 5.95. The molecule has 0 fully saturated rings. The summed E-state index contributed by atoms with van der Waals surface area (Å²) in [5.74, 6) is 2.37. The van der Waals surface area contributed by atoms with Gasteiger partial charge in [-0.2, -0.15) is 0 Å². The second kappa shape index (κ2) is 11.1. The van der Waals surface area contributed by atoms with E-state index in [-0.39, 0.29) is 17.8 Å². The summed E-state index contributed by atoms with van der Waals surface area (Å²) < 4.78 is 13.2. The van der Waals surface area contributed by atoms with Gasteiger partial charge in [0.05, 0.1) is 18.6 Å². The Morgan fingerprint density at radius 3 is 2.52 bits per heavy atom. The van der Waals surface area contributed by atoms with Gasteiger partial charge in [0.25, 0.3) is 0 Å². The molecule has 0 saturated heterocycles. The van der Waals surface area contributed by atoms with Crippen molar-refractivity contribution in [3.05, 3.63) is 54.4 Å². The molecule has 0 saturated carbocycles. The predicted octanol–water partition coefficient (Wildman–Crippen LogP) is 4.90. The van der Waals surface area contributed by atoms with Crippen LogP contribution in [0.4, 0.5) is 5.69 Å². The number of para-hydroxylation sites is 1. The number of hydrogen-bond acceptors (Lipinski definition) is 7. The van der Waals surface area contributed by atoms with Gasteiger partial charge in [0, 0.05) is 11.4 Å². The molecule has 7 nitrogen and oxygen atoms in total. The van der Waals surface area contributed by atoms with E-state index in [0.29, 0.717) is 17.5 Å². The van der Waals surface area contributed by atoms with Crippen LogP contribution in [0.2, 0.25) is 0 Å². The second-order valence-electron chi connectivity index (χ2n) is 6.56. The average Bonchev–Trinajstić information content (AvgIpc) is 3.21. The highest BCUT2D eigenvalue weighted by Gasteiger charge is 2.19. The minimum atomic E-state index is -0.294. The molecule has 1 aromatic heterocycles. The summed E-state index contributed by atoms with van der Waals surface area (Å²) in [4.78, 5) is 13.5. The standard InChI is InChI=1S/C22H26N4O3S2/c1-5-26-21(15(2)29-17-12-10-16(28-3)11-13-17)24-25-22(26)31-14-20(27)23-18-8-6-7-9-19(18)30-4/h6-13,15H,5,14H2,1-4H3,(H,23,27). The number of benzene rings is 2. The van der Waals surface area contributed by atoms with Crippen molar-refractivity contribution in [2.45, 2.75) is 36.5 Å². The number of amides is 1. The number of carbonyl (C=O) groups is 1. The summed E-state index contributed by atoms with van der Waals surface area (Å²) in [5.41, 5.74) is 0.819. The SMILES string of the molecule is CCn1c(SCC(=O)Nc2ccccc2SC)nnc1C(C)Oc1ccc(OC)cc1. The van der Waals surface area contributed by atoms with Crippen LogP contribution >= 0.6 is 23.5 Å². The molecule has 0 aliphatic rings. The molecular formula is C22H26N4O3S2. The van der Waals surface area contributed by atoms with Crippen molar-refractivity contribution in [1.82, 2.24) is 14.8 Å². The van der Waals surface area contributed by atoms with Crippen LogP contribution in [-0.4, -0.2) is 39.8 Å². The number of methoxy groups -OCH3 is 1. The minimum absolute atomic E-state index is 0.0822. The Bertz CT molecular complexity index is 1010. The molecule has 0 bridgehead atoms. The van der Waals surface area contributed by atoms with Crippen LogP contribution < -0.4 is 14.8 Å². The molecular weight excluding hydrogens is 432 g/mol. The van der Waals surface area contributed by atoms with E-state index < -0.39 is 0 Å². The molecule has 3 rings (SSSR count). The molecule has 0 spiro atoms. The zero-order valence-corrected chi connectivity index (χ0v) is 19.6. The highest BCUT2D eigenvalue weighted by Crippen LogP contribution is 2.27. The molecule has 1 N–H and O–H groups in total. The molecule has 3 aromatic rings. The lowest BCUT2D eigenvalue weighted by Gasteiger charge is -2.16. The smallest absolute Gasteiger partial charge is 0.234 e. The minimum Gasteiger partial charge on any atom is -0.497 e. The Morgan fingerprint density at radius 2 is 1.84 bits per heavy atom. The van der Waals surface area contributed by atoms with Gasteiger partial charge in [0.1, 0.15) is 11.5 Å². The van der Waals surface area contributed by atoms with Crippen molar-refractivity contribution in [1.29, 1.82) is 0 Å². The number of nitrogens with one attached hydrogen (secondary N) is 1. The van der Waals surface area contributed by atoms with E-state index >= 15 is 0 Å². The van der Waals surface area contributed by atoms with Crippen LogP contribution in [0, 0.1) is 0 Å². The lowest BCUT2D eigenvalue weighted by Crippen LogP contribution is -2.16. The highest BCUT2D eigenvalue weighted by atomic mass is 32.2. The molecule has 9 heteroatoms. The van der Waals surface area contributed by atoms with Gasteiger partial charge in [-0.25, -0.2) is 0 Å². The summed E-state index contributed by atoms with van der Waals surface area (Å²) in [7, 11) is 1.63. The van der Waals surface area contributed by atoms with Crippen molar-refractivity contribution in [3.63, 3.8) is 0 Å². The van der Waals surface area contributed by atoms with Gasteiger partial charge in [0.2, 0.25) is 5.91 Å². The first-order chi connectivity index (χ1) is 15.0. The lowest BCUT2D eigenvalue weighted by molar-refractivity contribution is -0.113. The number of ether oxygens (including phenoxy) is 2. The Kier molecular flexibility index (Phi) is 8.25. The molecule has 2 aromatic carbocycles. The molecule has 164 valence electrons. The molecule has 0 aliphatic heterocycles. The van der Waals surface area contributed by atoms with Gasteiger partial charge < -0.3 is 19.4 Å². The van der Waals surface area contributed by atoms with E-state index in [1.165, 1.54) is 11.8 Å². The quantitative estimate of drug-likeness (QED) is 0.433. The highest BCUT2D eigenvalue weighted by molar-refractivity contribution is 7.99. The number of thioether (sulfide) groups is 2. The maximum absolute atomic E-state index is 12.5. The first-order valence-corrected chi connectivity index (χ1v) is 12.1. The van der Waals surface area contributed by atoms with Gasteiger partial charge in [0.15, 0.2) is 17.1 Å². The van der Waals surface area contributed by atoms with Gasteiger partial charge in [-0.1, -0.05) is 23.9 Å². The number of aromatic nitrogens is 3. The van der Waals surface area contributed by atoms with Crippen LogP contribution in [-0.2, 0) is 11.3 Å². The summed E-state index contributed by atoms with van der Waals surface area (Å²) in [6.45, 7) is 4.63. The maximum atomic E-state index is 12.5. The van der Waals surface area contributed by atoms with Gasteiger partial charge in [-0.3, -0.25) is 4.79 Å². The summed E-state index contributed by atoms with van der Waals surface area (Å²) in [6.07, 6.45) is 1.69. The molecule has 31 heavy (non-hydrogen) atoms. The largest absolute Gasteiger partial charge is 0.497 e. The van der Waals surface area contributed by atoms with E-state index in [4.69, 9.17) is 9.47 Å². The number of carbonyl (C=O) groups excluding carboxylic acids is 1. The Morgan fingerprint density at radius 1 is 1.13 bits per heavy atom.